The third-order valence-electron chi connectivity index (χ3n) is 14.5. The Kier molecular flexibility index (Phi) is 6.48. The van der Waals surface area contributed by atoms with Crippen LogP contribution in [0, 0.1) is 55.7 Å². The summed E-state index contributed by atoms with van der Waals surface area (Å²) in [5.74, 6) is -0.544. The van der Waals surface area contributed by atoms with Crippen LogP contribution in [-0.2, 0) is 19.1 Å². The topological polar surface area (TPSA) is 80.7 Å². The quantitative estimate of drug-likeness (QED) is 0.357. The summed E-state index contributed by atoms with van der Waals surface area (Å²) >= 11 is 0. The zero-order valence-electron chi connectivity index (χ0n) is 26.8. The second kappa shape index (κ2) is 8.69. The van der Waals surface area contributed by atoms with E-state index in [9.17, 15) is 19.5 Å². The molecule has 5 nitrogen and oxygen atoms in total. The molecule has 3 unspecified atom stereocenters. The summed E-state index contributed by atoms with van der Waals surface area (Å²) in [5.41, 5.74) is -0.694. The molecule has 5 aliphatic carbocycles. The Morgan fingerprint density at radius 3 is 2.10 bits per heavy atom. The molecule has 5 heteroatoms. The Labute approximate surface area is 242 Å². The number of esters is 1. The van der Waals surface area contributed by atoms with Crippen LogP contribution in [0.4, 0.5) is 0 Å². The van der Waals surface area contributed by atoms with Gasteiger partial charge in [-0.15, -0.1) is 0 Å². The van der Waals surface area contributed by atoms with Crippen molar-refractivity contribution in [2.75, 3.05) is 0 Å². The summed E-state index contributed by atoms with van der Waals surface area (Å²) in [6.07, 6.45) is 9.75. The first-order chi connectivity index (χ1) is 18.2. The molecule has 0 aromatic rings. The van der Waals surface area contributed by atoms with Crippen LogP contribution >= 0.6 is 0 Å². The molecule has 0 amide bonds. The fourth-order valence-electron chi connectivity index (χ4n) is 11.7. The van der Waals surface area contributed by atoms with Crippen molar-refractivity contribution < 1.29 is 24.2 Å². The molecule has 5 aliphatic rings. The average Bonchev–Trinajstić information content (AvgIpc) is 2.81. The standard InChI is InChI=1S/C35H54O5/c1-21(2)40-27(37)22-11-13-32(7)24(29(22,3)4)12-14-34(9)26(32)23(36)19-25-33(34,8)18-17-31(6)16-15-30(5,28(38)39)20-35(25,31)10/h19,21-22,24,26H,11-18,20H2,1-10H3,(H,38,39)/t22-,24+,26-,30+,31?,32+,33-,34?,35?/m1/s1. The van der Waals surface area contributed by atoms with Crippen LogP contribution in [-0.4, -0.2) is 28.9 Å². The van der Waals surface area contributed by atoms with Gasteiger partial charge in [0.25, 0.3) is 0 Å². The van der Waals surface area contributed by atoms with Gasteiger partial charge in [-0.05, 0) is 123 Å². The van der Waals surface area contributed by atoms with Crippen molar-refractivity contribution in [2.45, 2.75) is 133 Å². The molecule has 0 heterocycles. The average molecular weight is 555 g/mol. The maximum Gasteiger partial charge on any atom is 0.309 e. The predicted octanol–water partition coefficient (Wildman–Crippen LogP) is 8.01. The Hall–Kier alpha value is -1.65. The number of hydrogen-bond donors (Lipinski definition) is 1. The van der Waals surface area contributed by atoms with Crippen LogP contribution in [0.1, 0.15) is 127 Å². The summed E-state index contributed by atoms with van der Waals surface area (Å²) in [4.78, 5) is 40.3. The van der Waals surface area contributed by atoms with Gasteiger partial charge in [0, 0.05) is 5.92 Å². The molecular weight excluding hydrogens is 500 g/mol. The molecule has 0 bridgehead atoms. The minimum atomic E-state index is -0.773. The lowest BCUT2D eigenvalue weighted by atomic mass is 9.31. The van der Waals surface area contributed by atoms with Gasteiger partial charge < -0.3 is 9.84 Å². The smallest absolute Gasteiger partial charge is 0.309 e. The highest BCUT2D eigenvalue weighted by Gasteiger charge is 2.72. The highest BCUT2D eigenvalue weighted by Crippen LogP contribution is 2.78. The molecule has 4 fully saturated rings. The van der Waals surface area contributed by atoms with Crippen LogP contribution in [0.25, 0.3) is 0 Å². The maximum absolute atomic E-state index is 14.6. The highest BCUT2D eigenvalue weighted by atomic mass is 16.5. The molecule has 0 aromatic heterocycles. The lowest BCUT2D eigenvalue weighted by Gasteiger charge is -2.72. The SMILES string of the molecule is CC(C)OC(=O)[C@H]1CC[C@@]2(C)[C@@H](CCC3(C)[C@@H]2C(=O)C=C2C4(C)C[C@@](C)(C(=O)O)CCC4(C)CC[C@]23C)C1(C)C. The third kappa shape index (κ3) is 3.60. The van der Waals surface area contributed by atoms with Gasteiger partial charge in [-0.2, -0.15) is 0 Å². The van der Waals surface area contributed by atoms with Crippen LogP contribution in [0.3, 0.4) is 0 Å². The summed E-state index contributed by atoms with van der Waals surface area (Å²) in [6, 6.07) is 0. The monoisotopic (exact) mass is 554 g/mol. The number of rotatable bonds is 3. The number of ether oxygens (including phenoxy) is 1. The Balaban J connectivity index is 1.59. The van der Waals surface area contributed by atoms with Crippen molar-refractivity contribution in [3.05, 3.63) is 11.6 Å². The number of fused-ring (bicyclic) bond motifs is 7. The van der Waals surface area contributed by atoms with Crippen molar-refractivity contribution in [2.24, 2.45) is 55.7 Å². The molecule has 0 aromatic carbocycles. The molecule has 224 valence electrons. The van der Waals surface area contributed by atoms with Crippen LogP contribution in [0.2, 0.25) is 0 Å². The van der Waals surface area contributed by atoms with Gasteiger partial charge in [-0.1, -0.05) is 54.0 Å². The molecule has 0 radical (unpaired) electrons. The second-order valence-electron chi connectivity index (χ2n) is 17.1. The number of carbonyl (C=O) groups is 3. The molecule has 1 N–H and O–H groups in total. The normalized spacial score (nSPS) is 49.6. The van der Waals surface area contributed by atoms with Gasteiger partial charge in [-0.3, -0.25) is 14.4 Å². The summed E-state index contributed by atoms with van der Waals surface area (Å²) in [5, 5.41) is 10.2. The fraction of sp³-hybridized carbons (Fsp3) is 0.857. The fourth-order valence-corrected chi connectivity index (χ4v) is 11.7. The molecule has 4 saturated carbocycles. The molecule has 5 rings (SSSR count). The molecule has 0 aliphatic heterocycles. The first kappa shape index (κ1) is 29.8. The molecular formula is C35H54O5. The van der Waals surface area contributed by atoms with E-state index in [0.717, 1.165) is 44.9 Å². The van der Waals surface area contributed by atoms with Crippen LogP contribution < -0.4 is 0 Å². The minimum Gasteiger partial charge on any atom is -0.481 e. The molecule has 9 atom stereocenters. The van der Waals surface area contributed by atoms with Crippen molar-refractivity contribution in [1.29, 1.82) is 0 Å². The van der Waals surface area contributed by atoms with Gasteiger partial charge in [0.1, 0.15) is 0 Å². The Morgan fingerprint density at radius 1 is 0.875 bits per heavy atom. The number of allylic oxidation sites excluding steroid dienone is 2. The number of carboxylic acid groups (broad SMARTS) is 1. The van der Waals surface area contributed by atoms with Crippen molar-refractivity contribution >= 4 is 17.7 Å². The van der Waals surface area contributed by atoms with Gasteiger partial charge in [0.15, 0.2) is 5.78 Å². The Morgan fingerprint density at radius 2 is 1.50 bits per heavy atom. The summed E-state index contributed by atoms with van der Waals surface area (Å²) in [6.45, 7) is 22.0. The van der Waals surface area contributed by atoms with Crippen molar-refractivity contribution in [3.8, 4) is 0 Å². The van der Waals surface area contributed by atoms with E-state index in [-0.39, 0.29) is 68.1 Å². The van der Waals surface area contributed by atoms with Gasteiger partial charge in [0.2, 0.25) is 0 Å². The van der Waals surface area contributed by atoms with E-state index in [0.29, 0.717) is 12.8 Å². The zero-order valence-corrected chi connectivity index (χ0v) is 26.8. The highest BCUT2D eigenvalue weighted by molar-refractivity contribution is 5.96. The second-order valence-corrected chi connectivity index (χ2v) is 17.1. The van der Waals surface area contributed by atoms with E-state index in [1.165, 1.54) is 5.57 Å². The van der Waals surface area contributed by atoms with E-state index < -0.39 is 11.4 Å². The van der Waals surface area contributed by atoms with Crippen LogP contribution in [0.5, 0.6) is 0 Å². The number of hydrogen-bond acceptors (Lipinski definition) is 4. The van der Waals surface area contributed by atoms with E-state index in [4.69, 9.17) is 4.74 Å². The molecule has 0 saturated heterocycles. The first-order valence-corrected chi connectivity index (χ1v) is 15.9. The van der Waals surface area contributed by atoms with Gasteiger partial charge >= 0.3 is 11.9 Å². The van der Waals surface area contributed by atoms with Crippen molar-refractivity contribution in [1.82, 2.24) is 0 Å². The summed E-state index contributed by atoms with van der Waals surface area (Å²) in [7, 11) is 0. The lowest BCUT2D eigenvalue weighted by molar-refractivity contribution is -0.205. The minimum absolute atomic E-state index is 0.00525. The third-order valence-corrected chi connectivity index (χ3v) is 14.5. The van der Waals surface area contributed by atoms with Gasteiger partial charge in [0.05, 0.1) is 17.4 Å². The van der Waals surface area contributed by atoms with E-state index in [1.807, 2.05) is 26.8 Å². The largest absolute Gasteiger partial charge is 0.481 e. The summed E-state index contributed by atoms with van der Waals surface area (Å²) < 4.78 is 5.72. The molecule has 0 spiro atoms. The Bertz CT molecular complexity index is 1170. The van der Waals surface area contributed by atoms with Crippen molar-refractivity contribution in [3.63, 3.8) is 0 Å². The van der Waals surface area contributed by atoms with Crippen LogP contribution in [0.15, 0.2) is 11.6 Å². The van der Waals surface area contributed by atoms with Gasteiger partial charge in [-0.25, -0.2) is 0 Å². The predicted molar refractivity (Wildman–Crippen MR) is 156 cm³/mol. The number of ketones is 1. The van der Waals surface area contributed by atoms with E-state index in [1.54, 1.807) is 0 Å². The van der Waals surface area contributed by atoms with E-state index in [2.05, 4.69) is 48.5 Å². The maximum atomic E-state index is 14.6. The number of carbonyl (C=O) groups excluding carboxylic acids is 2. The number of aliphatic carboxylic acids is 1. The van der Waals surface area contributed by atoms with E-state index >= 15 is 0 Å². The number of carboxylic acids is 1. The zero-order chi connectivity index (χ0) is 29.9. The lowest BCUT2D eigenvalue weighted by Crippen LogP contribution is -2.67. The first-order valence-electron chi connectivity index (χ1n) is 15.9. The molecule has 40 heavy (non-hydrogen) atoms.